The molecule has 4 rings (SSSR count). The minimum atomic E-state index is -3.89. The van der Waals surface area contributed by atoms with E-state index in [0.29, 0.717) is 16.5 Å². The van der Waals surface area contributed by atoms with E-state index in [0.717, 1.165) is 15.8 Å². The lowest BCUT2D eigenvalue weighted by molar-refractivity contribution is -0.143. The van der Waals surface area contributed by atoms with E-state index in [-0.39, 0.29) is 29.3 Å². The lowest BCUT2D eigenvalue weighted by Gasteiger charge is -2.09. The summed E-state index contributed by atoms with van der Waals surface area (Å²) in [6.07, 6.45) is 0. The number of fused-ring (bicyclic) bond motifs is 1. The molecule has 1 aromatic heterocycles. The fourth-order valence-corrected chi connectivity index (χ4v) is 5.98. The van der Waals surface area contributed by atoms with Gasteiger partial charge in [-0.25, -0.2) is 8.42 Å². The highest BCUT2D eigenvalue weighted by atomic mass is 32.2. The summed E-state index contributed by atoms with van der Waals surface area (Å²) < 4.78 is 40.9. The molecule has 11 heteroatoms. The molecule has 0 radical (unpaired) electrons. The number of hydrogen-bond donors (Lipinski definition) is 1. The number of nitrogens with one attached hydrogen (secondary N) is 1. The zero-order valence-corrected chi connectivity index (χ0v) is 23.6. The summed E-state index contributed by atoms with van der Waals surface area (Å²) in [5.74, 6) is -0.172. The Hall–Kier alpha value is -3.96. The van der Waals surface area contributed by atoms with Crippen LogP contribution in [0.15, 0.2) is 76.6 Å². The Morgan fingerprint density at radius 3 is 2.46 bits per heavy atom. The van der Waals surface area contributed by atoms with Gasteiger partial charge in [0.15, 0.2) is 4.80 Å². The molecule has 3 aromatic carbocycles. The van der Waals surface area contributed by atoms with Crippen LogP contribution in [0.2, 0.25) is 0 Å². The number of carbonyl (C=O) groups is 2. The molecule has 1 amide bonds. The number of rotatable bonds is 9. The fraction of sp³-hybridized carbons (Fsp3) is 0.250. The van der Waals surface area contributed by atoms with Gasteiger partial charge in [-0.2, -0.15) is 4.99 Å². The third-order valence-corrected chi connectivity index (χ3v) is 8.33. The number of carbonyl (C=O) groups excluding carboxylic acids is 2. The van der Waals surface area contributed by atoms with E-state index in [2.05, 4.69) is 23.6 Å². The number of sulfonamides is 1. The maximum absolute atomic E-state index is 13.2. The summed E-state index contributed by atoms with van der Waals surface area (Å²) in [6.45, 7) is 6.05. The molecule has 0 aliphatic carbocycles. The van der Waals surface area contributed by atoms with E-state index in [1.807, 2.05) is 18.2 Å². The predicted octanol–water partition coefficient (Wildman–Crippen LogP) is 4.94. The highest BCUT2D eigenvalue weighted by molar-refractivity contribution is 7.92. The van der Waals surface area contributed by atoms with Gasteiger partial charge in [0.25, 0.3) is 15.9 Å². The Morgan fingerprint density at radius 1 is 1.05 bits per heavy atom. The molecule has 0 saturated heterocycles. The van der Waals surface area contributed by atoms with E-state index in [4.69, 9.17) is 9.47 Å². The topological polar surface area (TPSA) is 116 Å². The Balaban J connectivity index is 1.68. The molecule has 9 nitrogen and oxygen atoms in total. The Kier molecular flexibility index (Phi) is 8.51. The predicted molar refractivity (Wildman–Crippen MR) is 151 cm³/mol. The highest BCUT2D eigenvalue weighted by Gasteiger charge is 2.17. The molecule has 0 saturated carbocycles. The van der Waals surface area contributed by atoms with Gasteiger partial charge in [0.05, 0.1) is 28.8 Å². The second kappa shape index (κ2) is 11.8. The van der Waals surface area contributed by atoms with Crippen molar-refractivity contribution in [2.45, 2.75) is 38.1 Å². The summed E-state index contributed by atoms with van der Waals surface area (Å²) in [7, 11) is -2.40. The maximum Gasteiger partial charge on any atom is 0.326 e. The molecule has 0 bridgehead atoms. The fourth-order valence-electron chi connectivity index (χ4n) is 3.86. The van der Waals surface area contributed by atoms with E-state index in [9.17, 15) is 18.0 Å². The van der Waals surface area contributed by atoms with Crippen LogP contribution in [0.4, 0.5) is 5.69 Å². The van der Waals surface area contributed by atoms with Crippen LogP contribution in [0.5, 0.6) is 5.75 Å². The van der Waals surface area contributed by atoms with Crippen LogP contribution in [-0.2, 0) is 26.1 Å². The number of esters is 1. The second-order valence-corrected chi connectivity index (χ2v) is 11.6. The molecule has 4 aromatic rings. The van der Waals surface area contributed by atoms with Crippen LogP contribution in [0, 0.1) is 0 Å². The lowest BCUT2D eigenvalue weighted by atomic mass is 10.0. The summed E-state index contributed by atoms with van der Waals surface area (Å²) in [5, 5.41) is 0. The first-order chi connectivity index (χ1) is 18.6. The Labute approximate surface area is 230 Å². The number of aromatic nitrogens is 1. The van der Waals surface area contributed by atoms with Gasteiger partial charge < -0.3 is 14.0 Å². The van der Waals surface area contributed by atoms with E-state index in [1.165, 1.54) is 36.6 Å². The quantitative estimate of drug-likeness (QED) is 0.287. The molecule has 0 aliphatic heterocycles. The van der Waals surface area contributed by atoms with Crippen molar-refractivity contribution in [3.8, 4) is 5.75 Å². The first kappa shape index (κ1) is 28.1. The largest absolute Gasteiger partial charge is 0.497 e. The van der Waals surface area contributed by atoms with Gasteiger partial charge in [-0.1, -0.05) is 37.3 Å². The van der Waals surface area contributed by atoms with Crippen molar-refractivity contribution < 1.29 is 27.5 Å². The number of methoxy groups -OCH3 is 1. The van der Waals surface area contributed by atoms with Crippen molar-refractivity contribution in [2.75, 3.05) is 18.4 Å². The number of anilines is 1. The second-order valence-electron chi connectivity index (χ2n) is 8.94. The van der Waals surface area contributed by atoms with Crippen LogP contribution in [-0.4, -0.2) is 38.6 Å². The number of ether oxygens (including phenoxy) is 2. The van der Waals surface area contributed by atoms with Gasteiger partial charge in [-0.05, 0) is 73.0 Å². The van der Waals surface area contributed by atoms with Crippen molar-refractivity contribution in [3.63, 3.8) is 0 Å². The molecule has 0 fully saturated rings. The number of benzene rings is 3. The summed E-state index contributed by atoms with van der Waals surface area (Å²) >= 11 is 1.30. The molecule has 204 valence electrons. The van der Waals surface area contributed by atoms with Crippen molar-refractivity contribution >= 4 is 49.1 Å². The van der Waals surface area contributed by atoms with Gasteiger partial charge in [0.2, 0.25) is 0 Å². The van der Waals surface area contributed by atoms with Crippen LogP contribution < -0.4 is 14.3 Å². The molecule has 0 aliphatic rings. The van der Waals surface area contributed by atoms with Crippen LogP contribution in [0.1, 0.15) is 42.6 Å². The van der Waals surface area contributed by atoms with Crippen molar-refractivity contribution in [1.82, 2.24) is 4.57 Å². The molecule has 1 N–H and O–H groups in total. The normalized spacial score (nSPS) is 12.1. The number of amides is 1. The third kappa shape index (κ3) is 6.55. The summed E-state index contributed by atoms with van der Waals surface area (Å²) in [5.41, 5.74) is 2.30. The van der Waals surface area contributed by atoms with Crippen molar-refractivity contribution in [1.29, 1.82) is 0 Å². The Morgan fingerprint density at radius 2 is 1.79 bits per heavy atom. The number of nitrogens with zero attached hydrogens (tertiary/aromatic N) is 2. The molecular weight excluding hydrogens is 538 g/mol. The van der Waals surface area contributed by atoms with Crippen molar-refractivity contribution in [2.24, 2.45) is 4.99 Å². The van der Waals surface area contributed by atoms with Gasteiger partial charge in [0.1, 0.15) is 12.3 Å². The summed E-state index contributed by atoms with van der Waals surface area (Å²) in [4.78, 5) is 30.2. The lowest BCUT2D eigenvalue weighted by Crippen LogP contribution is -2.23. The summed E-state index contributed by atoms with van der Waals surface area (Å²) in [6, 6.07) is 18.0. The number of thiazole rings is 1. The molecule has 0 unspecified atom stereocenters. The van der Waals surface area contributed by atoms with E-state index in [1.54, 1.807) is 41.8 Å². The minimum absolute atomic E-state index is 0.0516. The zero-order chi connectivity index (χ0) is 28.2. The maximum atomic E-state index is 13.2. The molecule has 0 spiro atoms. The monoisotopic (exact) mass is 567 g/mol. The smallest absolute Gasteiger partial charge is 0.326 e. The third-order valence-electron chi connectivity index (χ3n) is 5.89. The first-order valence-corrected chi connectivity index (χ1v) is 14.6. The van der Waals surface area contributed by atoms with Crippen LogP contribution >= 0.6 is 11.3 Å². The molecule has 39 heavy (non-hydrogen) atoms. The van der Waals surface area contributed by atoms with Crippen LogP contribution in [0.3, 0.4) is 0 Å². The van der Waals surface area contributed by atoms with E-state index >= 15 is 0 Å². The van der Waals surface area contributed by atoms with Gasteiger partial charge in [-0.15, -0.1) is 0 Å². The zero-order valence-electron chi connectivity index (χ0n) is 22.0. The van der Waals surface area contributed by atoms with Crippen LogP contribution in [0.25, 0.3) is 10.2 Å². The standard InChI is InChI=1S/C28H29N3O6S2/c1-5-37-26(32)17-31-24-14-9-19(18(2)3)16-25(24)38-28(31)29-27(33)20-7-6-8-21(15-20)30-39(34,35)23-12-10-22(36-4)11-13-23/h6-16,18,30H,5,17H2,1-4H3. The van der Waals surface area contributed by atoms with Crippen molar-refractivity contribution in [3.05, 3.63) is 82.7 Å². The SMILES string of the molecule is CCOC(=O)Cn1c(=NC(=O)c2cccc(NS(=O)(=O)c3ccc(OC)cc3)c2)sc2cc(C(C)C)ccc21. The Bertz CT molecular complexity index is 1690. The molecule has 1 heterocycles. The molecule has 0 atom stereocenters. The van der Waals surface area contributed by atoms with Gasteiger partial charge in [0, 0.05) is 11.3 Å². The highest BCUT2D eigenvalue weighted by Crippen LogP contribution is 2.24. The first-order valence-electron chi connectivity index (χ1n) is 12.3. The number of hydrogen-bond acceptors (Lipinski definition) is 7. The van der Waals surface area contributed by atoms with Gasteiger partial charge >= 0.3 is 5.97 Å². The van der Waals surface area contributed by atoms with E-state index < -0.39 is 21.9 Å². The average Bonchev–Trinajstić information content (AvgIpc) is 3.24. The average molecular weight is 568 g/mol. The molecular formula is C28H29N3O6S2. The van der Waals surface area contributed by atoms with Gasteiger partial charge in [-0.3, -0.25) is 14.3 Å². The minimum Gasteiger partial charge on any atom is -0.497 e.